The number of Topliss-reactive ketones (excluding diaryl/α,β-unsaturated/α-hetero) is 1. The number of ketones is 1. The van der Waals surface area contributed by atoms with Crippen molar-refractivity contribution < 1.29 is 24.3 Å². The van der Waals surface area contributed by atoms with Crippen molar-refractivity contribution in [2.75, 3.05) is 14.2 Å². The molecule has 0 fully saturated rings. The molecule has 0 radical (unpaired) electrons. The van der Waals surface area contributed by atoms with Crippen molar-refractivity contribution in [2.24, 2.45) is 0 Å². The first-order valence-electron chi connectivity index (χ1n) is 10.9. The average Bonchev–Trinajstić information content (AvgIpc) is 2.87. The fourth-order valence-electron chi connectivity index (χ4n) is 3.98. The van der Waals surface area contributed by atoms with Crippen LogP contribution in [0.3, 0.4) is 0 Å². The van der Waals surface area contributed by atoms with Gasteiger partial charge in [-0.05, 0) is 16.7 Å². The van der Waals surface area contributed by atoms with E-state index in [0.717, 1.165) is 21.8 Å². The lowest BCUT2D eigenvalue weighted by atomic mass is 9.76. The Morgan fingerprint density at radius 2 is 1.26 bits per heavy atom. The van der Waals surface area contributed by atoms with Crippen LogP contribution in [0.1, 0.15) is 29.5 Å². The number of carbonyl (C=O) groups excluding carboxylic acids is 2. The molecule has 1 unspecified atom stereocenters. The summed E-state index contributed by atoms with van der Waals surface area (Å²) in [6.07, 6.45) is -0.985. The van der Waals surface area contributed by atoms with Gasteiger partial charge in [0.1, 0.15) is 0 Å². The Bertz CT molecular complexity index is 1010. The van der Waals surface area contributed by atoms with Crippen molar-refractivity contribution in [3.8, 4) is 0 Å². The van der Waals surface area contributed by atoms with Gasteiger partial charge in [0.2, 0.25) is 0 Å². The number of aliphatic carboxylic acids is 1. The topological polar surface area (TPSA) is 95.9 Å². The van der Waals surface area contributed by atoms with E-state index >= 15 is 0 Å². The Morgan fingerprint density at radius 3 is 1.62 bits per heavy atom. The standard InChI is InChI=1S/C27H28N2O5/c1-29(34-2)25(31)19-24(30)23(18-26(32)33)28-27(20-12-6-3-7-13-20,21-14-8-4-9-15-21)22-16-10-5-11-17-22/h3-17,23,28H,18-19H2,1-2H3,(H,32,33). The van der Waals surface area contributed by atoms with E-state index in [1.54, 1.807) is 0 Å². The minimum atomic E-state index is -1.15. The number of amides is 1. The predicted octanol–water partition coefficient (Wildman–Crippen LogP) is 3.39. The molecule has 0 aliphatic carbocycles. The van der Waals surface area contributed by atoms with Crippen LogP contribution in [0.4, 0.5) is 0 Å². The largest absolute Gasteiger partial charge is 0.481 e. The first kappa shape index (κ1) is 24.8. The smallest absolute Gasteiger partial charge is 0.305 e. The monoisotopic (exact) mass is 460 g/mol. The van der Waals surface area contributed by atoms with Gasteiger partial charge in [0, 0.05) is 7.05 Å². The molecule has 176 valence electrons. The number of hydroxylamine groups is 2. The summed E-state index contributed by atoms with van der Waals surface area (Å²) in [6, 6.07) is 27.5. The fraction of sp³-hybridized carbons (Fsp3) is 0.222. The molecule has 0 heterocycles. The second-order valence-electron chi connectivity index (χ2n) is 7.86. The van der Waals surface area contributed by atoms with Crippen LogP contribution < -0.4 is 5.32 Å². The predicted molar refractivity (Wildman–Crippen MR) is 128 cm³/mol. The molecule has 7 nitrogen and oxygen atoms in total. The van der Waals surface area contributed by atoms with E-state index in [9.17, 15) is 19.5 Å². The summed E-state index contributed by atoms with van der Waals surface area (Å²) in [5.74, 6) is -2.25. The van der Waals surface area contributed by atoms with Gasteiger partial charge in [-0.25, -0.2) is 5.06 Å². The molecule has 0 spiro atoms. The highest BCUT2D eigenvalue weighted by Crippen LogP contribution is 2.37. The first-order chi connectivity index (χ1) is 16.4. The maximum Gasteiger partial charge on any atom is 0.305 e. The molecule has 3 aromatic rings. The molecule has 0 bridgehead atoms. The zero-order chi connectivity index (χ0) is 24.6. The first-order valence-corrected chi connectivity index (χ1v) is 10.9. The second kappa shape index (κ2) is 11.4. The highest BCUT2D eigenvalue weighted by Gasteiger charge is 2.40. The SMILES string of the molecule is CON(C)C(=O)CC(=O)C(CC(=O)O)NC(c1ccccc1)(c1ccccc1)c1ccccc1. The molecule has 0 aromatic heterocycles. The van der Waals surface area contributed by atoms with Gasteiger partial charge in [0.05, 0.1) is 31.5 Å². The lowest BCUT2D eigenvalue weighted by Crippen LogP contribution is -2.53. The summed E-state index contributed by atoms with van der Waals surface area (Å²) < 4.78 is 0. The van der Waals surface area contributed by atoms with E-state index in [4.69, 9.17) is 4.84 Å². The molecule has 0 saturated heterocycles. The molecule has 3 aromatic carbocycles. The van der Waals surface area contributed by atoms with E-state index in [2.05, 4.69) is 5.32 Å². The van der Waals surface area contributed by atoms with Crippen LogP contribution in [-0.4, -0.2) is 48.0 Å². The molecule has 0 saturated carbocycles. The normalized spacial score (nSPS) is 12.1. The van der Waals surface area contributed by atoms with Crippen LogP contribution in [-0.2, 0) is 24.8 Å². The second-order valence-corrected chi connectivity index (χ2v) is 7.86. The van der Waals surface area contributed by atoms with Crippen molar-refractivity contribution in [3.63, 3.8) is 0 Å². The summed E-state index contributed by atoms with van der Waals surface area (Å²) in [4.78, 5) is 42.3. The molecule has 3 rings (SSSR count). The van der Waals surface area contributed by atoms with Gasteiger partial charge in [-0.1, -0.05) is 91.0 Å². The third kappa shape index (κ3) is 5.57. The van der Waals surface area contributed by atoms with Crippen LogP contribution in [0.25, 0.3) is 0 Å². The number of hydrogen-bond acceptors (Lipinski definition) is 5. The van der Waals surface area contributed by atoms with Crippen LogP contribution in [0.2, 0.25) is 0 Å². The molecule has 1 amide bonds. The molecular weight excluding hydrogens is 432 g/mol. The minimum Gasteiger partial charge on any atom is -0.481 e. The molecule has 0 aliphatic rings. The highest BCUT2D eigenvalue weighted by atomic mass is 16.7. The Morgan fingerprint density at radius 1 is 0.853 bits per heavy atom. The lowest BCUT2D eigenvalue weighted by Gasteiger charge is -2.39. The third-order valence-corrected chi connectivity index (χ3v) is 5.73. The molecule has 34 heavy (non-hydrogen) atoms. The number of carboxylic acid groups (broad SMARTS) is 1. The van der Waals surface area contributed by atoms with Crippen molar-refractivity contribution in [1.29, 1.82) is 0 Å². The summed E-state index contributed by atoms with van der Waals surface area (Å²) >= 11 is 0. The van der Waals surface area contributed by atoms with Crippen LogP contribution in [0, 0.1) is 0 Å². The van der Waals surface area contributed by atoms with Crippen LogP contribution in [0.15, 0.2) is 91.0 Å². The number of rotatable bonds is 11. The summed E-state index contributed by atoms with van der Waals surface area (Å²) in [7, 11) is 2.72. The van der Waals surface area contributed by atoms with Crippen molar-refractivity contribution in [3.05, 3.63) is 108 Å². The number of nitrogens with one attached hydrogen (secondary N) is 1. The van der Waals surface area contributed by atoms with Gasteiger partial charge in [-0.2, -0.15) is 0 Å². The summed E-state index contributed by atoms with van der Waals surface area (Å²) in [5.41, 5.74) is 1.44. The minimum absolute atomic E-state index is 0.489. The quantitative estimate of drug-likeness (QED) is 0.259. The molecule has 1 atom stereocenters. The summed E-state index contributed by atoms with van der Waals surface area (Å²) in [5, 5.41) is 13.9. The Labute approximate surface area is 198 Å². The molecular formula is C27H28N2O5. The van der Waals surface area contributed by atoms with E-state index in [0.29, 0.717) is 0 Å². The Balaban J connectivity index is 2.17. The van der Waals surface area contributed by atoms with E-state index < -0.39 is 42.1 Å². The van der Waals surface area contributed by atoms with Gasteiger partial charge in [0.25, 0.3) is 5.91 Å². The molecule has 7 heteroatoms. The molecule has 0 aliphatic heterocycles. The van der Waals surface area contributed by atoms with E-state index in [1.165, 1.54) is 14.2 Å². The average molecular weight is 461 g/mol. The molecule has 2 N–H and O–H groups in total. The van der Waals surface area contributed by atoms with Gasteiger partial charge in [0.15, 0.2) is 5.78 Å². The van der Waals surface area contributed by atoms with E-state index in [1.807, 2.05) is 91.0 Å². The zero-order valence-electron chi connectivity index (χ0n) is 19.2. The Hall–Kier alpha value is -3.81. The zero-order valence-corrected chi connectivity index (χ0v) is 19.2. The van der Waals surface area contributed by atoms with Crippen LogP contribution >= 0.6 is 0 Å². The Kier molecular flexibility index (Phi) is 8.29. The number of hydrogen-bond donors (Lipinski definition) is 2. The van der Waals surface area contributed by atoms with Gasteiger partial charge >= 0.3 is 5.97 Å². The maximum atomic E-state index is 13.3. The van der Waals surface area contributed by atoms with Crippen LogP contribution in [0.5, 0.6) is 0 Å². The van der Waals surface area contributed by atoms with Gasteiger partial charge in [-0.15, -0.1) is 0 Å². The lowest BCUT2D eigenvalue weighted by molar-refractivity contribution is -0.169. The number of nitrogens with zero attached hydrogens (tertiary/aromatic N) is 1. The van der Waals surface area contributed by atoms with Crippen molar-refractivity contribution >= 4 is 17.7 Å². The maximum absolute atomic E-state index is 13.3. The number of carboxylic acids is 1. The van der Waals surface area contributed by atoms with Crippen molar-refractivity contribution in [1.82, 2.24) is 10.4 Å². The van der Waals surface area contributed by atoms with Crippen molar-refractivity contribution in [2.45, 2.75) is 24.4 Å². The number of benzene rings is 3. The number of carbonyl (C=O) groups is 3. The third-order valence-electron chi connectivity index (χ3n) is 5.73. The highest BCUT2D eigenvalue weighted by molar-refractivity contribution is 6.01. The fourth-order valence-corrected chi connectivity index (χ4v) is 3.98. The van der Waals surface area contributed by atoms with E-state index in [-0.39, 0.29) is 0 Å². The van der Waals surface area contributed by atoms with Gasteiger partial charge < -0.3 is 5.11 Å². The summed E-state index contributed by atoms with van der Waals surface area (Å²) in [6.45, 7) is 0. The van der Waals surface area contributed by atoms with Gasteiger partial charge in [-0.3, -0.25) is 24.5 Å².